The SMILES string of the molecule is COC(=O)c1c(C(F)(F)F)[nH]c2c(O)cc3c(c12)[C@H](CCl)CN3C(=O)c1cc2cc(NC(=O)c3cc4c(OC)c(OC)c(OC)cc4cn3)ccc2[nH]1. The van der Waals surface area contributed by atoms with Gasteiger partial charge in [-0.1, -0.05) is 0 Å². The van der Waals surface area contributed by atoms with Gasteiger partial charge in [-0.15, -0.1) is 11.6 Å². The van der Waals surface area contributed by atoms with Gasteiger partial charge in [0.25, 0.3) is 11.8 Å². The normalized spacial score (nSPS) is 14.1. The number of nitrogens with one attached hydrogen (secondary N) is 3. The van der Waals surface area contributed by atoms with Gasteiger partial charge >= 0.3 is 12.1 Å². The molecule has 17 heteroatoms. The number of hydrogen-bond donors (Lipinski definition) is 4. The van der Waals surface area contributed by atoms with Crippen molar-refractivity contribution in [1.82, 2.24) is 15.0 Å². The van der Waals surface area contributed by atoms with Gasteiger partial charge in [0.1, 0.15) is 22.8 Å². The molecule has 0 unspecified atom stereocenters. The number of anilines is 2. The van der Waals surface area contributed by atoms with Gasteiger partial charge in [-0.05, 0) is 42.0 Å². The van der Waals surface area contributed by atoms with Crippen LogP contribution in [0.1, 0.15) is 48.5 Å². The number of halogens is 4. The molecule has 4 N–H and O–H groups in total. The van der Waals surface area contributed by atoms with Gasteiger partial charge in [-0.2, -0.15) is 13.2 Å². The number of methoxy groups -OCH3 is 4. The van der Waals surface area contributed by atoms with E-state index < -0.39 is 46.9 Å². The topological polar surface area (TPSA) is 168 Å². The van der Waals surface area contributed by atoms with Crippen molar-refractivity contribution < 1.29 is 51.6 Å². The van der Waals surface area contributed by atoms with E-state index in [0.29, 0.717) is 44.6 Å². The van der Waals surface area contributed by atoms with E-state index in [4.69, 9.17) is 25.8 Å². The lowest BCUT2D eigenvalue weighted by Gasteiger charge is -2.17. The number of nitrogens with zero attached hydrogens (tertiary/aromatic N) is 2. The van der Waals surface area contributed by atoms with E-state index in [9.17, 15) is 32.7 Å². The van der Waals surface area contributed by atoms with Crippen molar-refractivity contribution in [1.29, 1.82) is 0 Å². The standard InChI is InChI=1S/C36H29ClF3N5O8/c1-50-25-9-16-13-41-21(10-19(16)30(51-2)31(25)52-3)33(47)42-18-5-6-20-15(7-18)8-22(43-20)34(48)45-14-17(12-37)26-23(45)11-24(46)29-27(26)28(35(49)53-4)32(44-29)36(38,39)40/h5-11,13,17,43-44,46H,12,14H2,1-4H3,(H,42,47)/t17-/m1/s1. The monoisotopic (exact) mass is 751 g/mol. The first-order valence-corrected chi connectivity index (χ1v) is 16.3. The molecule has 0 fully saturated rings. The van der Waals surface area contributed by atoms with E-state index >= 15 is 0 Å². The zero-order valence-electron chi connectivity index (χ0n) is 28.3. The number of ether oxygens (including phenoxy) is 4. The molecule has 3 aromatic heterocycles. The highest BCUT2D eigenvalue weighted by atomic mass is 35.5. The molecule has 274 valence electrons. The number of phenolic OH excluding ortho intramolecular Hbond substituents is 1. The number of carbonyl (C=O) groups excluding carboxylic acids is 3. The van der Waals surface area contributed by atoms with Gasteiger partial charge < -0.3 is 44.2 Å². The number of aromatic nitrogens is 3. The number of carbonyl (C=O) groups is 3. The summed E-state index contributed by atoms with van der Waals surface area (Å²) in [4.78, 5) is 50.8. The number of pyridine rings is 1. The van der Waals surface area contributed by atoms with Crippen LogP contribution >= 0.6 is 11.6 Å². The summed E-state index contributed by atoms with van der Waals surface area (Å²) >= 11 is 6.28. The van der Waals surface area contributed by atoms with E-state index in [0.717, 1.165) is 7.11 Å². The van der Waals surface area contributed by atoms with Crippen molar-refractivity contribution in [3.05, 3.63) is 76.9 Å². The molecule has 7 rings (SSSR count). The van der Waals surface area contributed by atoms with Crippen LogP contribution in [0.15, 0.2) is 48.7 Å². The predicted octanol–water partition coefficient (Wildman–Crippen LogP) is 6.97. The van der Waals surface area contributed by atoms with E-state index in [1.165, 1.54) is 38.5 Å². The van der Waals surface area contributed by atoms with Crippen LogP contribution in [0, 0.1) is 0 Å². The third-order valence-electron chi connectivity index (χ3n) is 9.15. The lowest BCUT2D eigenvalue weighted by Crippen LogP contribution is -2.30. The summed E-state index contributed by atoms with van der Waals surface area (Å²) in [6.07, 6.45) is -3.48. The second-order valence-electron chi connectivity index (χ2n) is 12.1. The maximum Gasteiger partial charge on any atom is 0.432 e. The Balaban J connectivity index is 1.21. The fourth-order valence-electron chi connectivity index (χ4n) is 6.81. The van der Waals surface area contributed by atoms with Crippen LogP contribution in [0.2, 0.25) is 0 Å². The van der Waals surface area contributed by atoms with Gasteiger partial charge in [-0.3, -0.25) is 14.6 Å². The summed E-state index contributed by atoms with van der Waals surface area (Å²) in [5.74, 6) is -2.63. The molecule has 1 aliphatic heterocycles. The average Bonchev–Trinajstić information content (AvgIpc) is 3.86. The summed E-state index contributed by atoms with van der Waals surface area (Å²) in [7, 11) is 5.38. The molecular formula is C36H29ClF3N5O8. The van der Waals surface area contributed by atoms with Gasteiger partial charge in [0.2, 0.25) is 5.75 Å². The summed E-state index contributed by atoms with van der Waals surface area (Å²) in [6.45, 7) is -0.0533. The molecule has 0 saturated heterocycles. The Morgan fingerprint density at radius 3 is 2.42 bits per heavy atom. The predicted molar refractivity (Wildman–Crippen MR) is 189 cm³/mol. The number of aromatic hydroxyl groups is 1. The van der Waals surface area contributed by atoms with E-state index in [2.05, 4.69) is 25.0 Å². The maximum absolute atomic E-state index is 14.0. The zero-order valence-corrected chi connectivity index (χ0v) is 29.1. The molecule has 3 aromatic carbocycles. The number of phenols is 1. The third-order valence-corrected chi connectivity index (χ3v) is 9.52. The number of amides is 2. The van der Waals surface area contributed by atoms with Crippen LogP contribution in [0.4, 0.5) is 24.5 Å². The molecule has 0 bridgehead atoms. The van der Waals surface area contributed by atoms with Crippen molar-refractivity contribution in [3.8, 4) is 23.0 Å². The molecule has 1 aliphatic rings. The maximum atomic E-state index is 14.0. The van der Waals surface area contributed by atoms with Crippen LogP contribution in [0.3, 0.4) is 0 Å². The van der Waals surface area contributed by atoms with Crippen molar-refractivity contribution in [2.45, 2.75) is 12.1 Å². The molecule has 0 aliphatic carbocycles. The van der Waals surface area contributed by atoms with Gasteiger partial charge in [0, 0.05) is 63.4 Å². The van der Waals surface area contributed by atoms with Crippen molar-refractivity contribution >= 4 is 73.3 Å². The Labute approximate surface area is 302 Å². The fraction of sp³-hybridized carbons (Fsp3) is 0.222. The number of H-pyrrole nitrogens is 2. The van der Waals surface area contributed by atoms with Crippen molar-refractivity contribution in [3.63, 3.8) is 0 Å². The number of rotatable bonds is 8. The lowest BCUT2D eigenvalue weighted by atomic mass is 9.95. The molecule has 0 saturated carbocycles. The van der Waals surface area contributed by atoms with Crippen LogP contribution in [-0.4, -0.2) is 78.7 Å². The number of alkyl halides is 4. The van der Waals surface area contributed by atoms with E-state index in [1.54, 1.807) is 36.4 Å². The van der Waals surface area contributed by atoms with E-state index in [-0.39, 0.29) is 46.0 Å². The Bertz CT molecular complexity index is 2500. The highest BCUT2D eigenvalue weighted by Crippen LogP contribution is 2.49. The van der Waals surface area contributed by atoms with Crippen LogP contribution in [-0.2, 0) is 10.9 Å². The molecule has 2 amide bonds. The molecule has 0 spiro atoms. The van der Waals surface area contributed by atoms with Crippen LogP contribution < -0.4 is 24.4 Å². The van der Waals surface area contributed by atoms with Crippen LogP contribution in [0.5, 0.6) is 23.0 Å². The molecule has 13 nitrogen and oxygen atoms in total. The van der Waals surface area contributed by atoms with Crippen molar-refractivity contribution in [2.24, 2.45) is 0 Å². The number of benzene rings is 3. The largest absolute Gasteiger partial charge is 0.506 e. The minimum atomic E-state index is -4.99. The Kier molecular flexibility index (Phi) is 8.72. The van der Waals surface area contributed by atoms with Gasteiger partial charge in [-0.25, -0.2) is 4.79 Å². The molecule has 0 radical (unpaired) electrons. The summed E-state index contributed by atoms with van der Waals surface area (Å²) in [6, 6.07) is 10.9. The molecular weight excluding hydrogens is 723 g/mol. The second-order valence-corrected chi connectivity index (χ2v) is 12.4. The number of aromatic amines is 2. The lowest BCUT2D eigenvalue weighted by molar-refractivity contribution is -0.141. The number of fused-ring (bicyclic) bond motifs is 5. The highest BCUT2D eigenvalue weighted by molar-refractivity contribution is 6.20. The zero-order chi connectivity index (χ0) is 37.9. The van der Waals surface area contributed by atoms with Crippen molar-refractivity contribution in [2.75, 3.05) is 51.1 Å². The Morgan fingerprint density at radius 2 is 1.75 bits per heavy atom. The molecule has 53 heavy (non-hydrogen) atoms. The minimum Gasteiger partial charge on any atom is -0.506 e. The average molecular weight is 752 g/mol. The third kappa shape index (κ3) is 5.74. The Morgan fingerprint density at radius 1 is 1.00 bits per heavy atom. The highest BCUT2D eigenvalue weighted by Gasteiger charge is 2.43. The van der Waals surface area contributed by atoms with Gasteiger partial charge in [0.05, 0.1) is 45.2 Å². The summed E-state index contributed by atoms with van der Waals surface area (Å²) in [5, 5.41) is 15.2. The fourth-order valence-corrected chi connectivity index (χ4v) is 7.06. The summed E-state index contributed by atoms with van der Waals surface area (Å²) in [5.41, 5.74) is -1.13. The quantitative estimate of drug-likeness (QED) is 0.0949. The molecule has 4 heterocycles. The first-order chi connectivity index (χ1) is 25.3. The first kappa shape index (κ1) is 35.3. The summed E-state index contributed by atoms with van der Waals surface area (Å²) < 4.78 is 63.2. The smallest absolute Gasteiger partial charge is 0.432 e. The number of hydrogen-bond acceptors (Lipinski definition) is 9. The number of esters is 1. The van der Waals surface area contributed by atoms with Gasteiger partial charge in [0.15, 0.2) is 11.5 Å². The second kappa shape index (κ2) is 13.1. The minimum absolute atomic E-state index is 0.0533. The molecule has 1 atom stereocenters. The van der Waals surface area contributed by atoms with Crippen LogP contribution in [0.25, 0.3) is 32.6 Å². The Hall–Kier alpha value is -6.16. The van der Waals surface area contributed by atoms with E-state index in [1.807, 2.05) is 0 Å². The molecule has 6 aromatic rings. The first-order valence-electron chi connectivity index (χ1n) is 15.8.